The third-order valence-electron chi connectivity index (χ3n) is 4.90. The average molecular weight is 387 g/mol. The van der Waals surface area contributed by atoms with E-state index in [1.54, 1.807) is 0 Å². The zero-order valence-electron chi connectivity index (χ0n) is 16.4. The SMILES string of the molecule is CN=C(NCc1ccccc1CN1CCOCC1)N(C)CCc1cccs1. The molecule has 6 heteroatoms. The van der Waals surface area contributed by atoms with E-state index in [9.17, 15) is 0 Å². The fourth-order valence-corrected chi connectivity index (χ4v) is 3.98. The van der Waals surface area contributed by atoms with Crippen molar-refractivity contribution in [3.05, 3.63) is 57.8 Å². The number of nitrogens with zero attached hydrogens (tertiary/aromatic N) is 3. The summed E-state index contributed by atoms with van der Waals surface area (Å²) in [5, 5.41) is 5.66. The van der Waals surface area contributed by atoms with Crippen LogP contribution in [0.3, 0.4) is 0 Å². The number of ether oxygens (including phenoxy) is 1. The van der Waals surface area contributed by atoms with Gasteiger partial charge in [0.2, 0.25) is 0 Å². The van der Waals surface area contributed by atoms with Gasteiger partial charge < -0.3 is 15.0 Å². The van der Waals surface area contributed by atoms with Crippen molar-refractivity contribution in [1.29, 1.82) is 0 Å². The van der Waals surface area contributed by atoms with Crippen LogP contribution in [-0.2, 0) is 24.2 Å². The molecule has 0 bridgehead atoms. The summed E-state index contributed by atoms with van der Waals surface area (Å²) < 4.78 is 5.46. The highest BCUT2D eigenvalue weighted by Crippen LogP contribution is 2.13. The maximum Gasteiger partial charge on any atom is 0.193 e. The van der Waals surface area contributed by atoms with Gasteiger partial charge in [0.05, 0.1) is 13.2 Å². The molecule has 1 aromatic carbocycles. The number of morpholine rings is 1. The number of rotatable bonds is 7. The molecule has 27 heavy (non-hydrogen) atoms. The van der Waals surface area contributed by atoms with Gasteiger partial charge in [0.1, 0.15) is 0 Å². The summed E-state index contributed by atoms with van der Waals surface area (Å²) in [7, 11) is 3.95. The van der Waals surface area contributed by atoms with Crippen molar-refractivity contribution in [1.82, 2.24) is 15.1 Å². The second-order valence-electron chi connectivity index (χ2n) is 6.81. The second-order valence-corrected chi connectivity index (χ2v) is 7.84. The summed E-state index contributed by atoms with van der Waals surface area (Å²) in [6, 6.07) is 13.0. The van der Waals surface area contributed by atoms with Crippen LogP contribution in [0, 0.1) is 0 Å². The first-order chi connectivity index (χ1) is 13.3. The first-order valence-corrected chi connectivity index (χ1v) is 10.5. The molecule has 0 amide bonds. The van der Waals surface area contributed by atoms with Crippen molar-refractivity contribution in [2.24, 2.45) is 4.99 Å². The summed E-state index contributed by atoms with van der Waals surface area (Å²) in [4.78, 5) is 10.5. The maximum atomic E-state index is 5.46. The lowest BCUT2D eigenvalue weighted by molar-refractivity contribution is 0.0341. The Balaban J connectivity index is 1.54. The maximum absolute atomic E-state index is 5.46. The molecule has 1 aliphatic rings. The van der Waals surface area contributed by atoms with E-state index in [-0.39, 0.29) is 0 Å². The van der Waals surface area contributed by atoms with Crippen LogP contribution in [0.15, 0.2) is 46.8 Å². The van der Waals surface area contributed by atoms with Crippen LogP contribution >= 0.6 is 11.3 Å². The molecule has 1 aliphatic heterocycles. The van der Waals surface area contributed by atoms with Gasteiger partial charge in [-0.15, -0.1) is 11.3 Å². The molecule has 0 atom stereocenters. The molecule has 0 saturated carbocycles. The molecule has 1 fully saturated rings. The number of aliphatic imine (C=N–C) groups is 1. The van der Waals surface area contributed by atoms with Crippen molar-refractivity contribution in [2.45, 2.75) is 19.5 Å². The Morgan fingerprint density at radius 3 is 2.67 bits per heavy atom. The molecule has 2 heterocycles. The highest BCUT2D eigenvalue weighted by molar-refractivity contribution is 7.09. The Labute approximate surface area is 166 Å². The first-order valence-electron chi connectivity index (χ1n) is 9.57. The number of hydrogen-bond donors (Lipinski definition) is 1. The lowest BCUT2D eigenvalue weighted by atomic mass is 10.1. The fourth-order valence-electron chi connectivity index (χ4n) is 3.28. The lowest BCUT2D eigenvalue weighted by Gasteiger charge is -2.28. The summed E-state index contributed by atoms with van der Waals surface area (Å²) in [5.74, 6) is 0.938. The van der Waals surface area contributed by atoms with E-state index in [0.717, 1.165) is 58.3 Å². The minimum atomic E-state index is 0.788. The zero-order valence-corrected chi connectivity index (χ0v) is 17.2. The highest BCUT2D eigenvalue weighted by atomic mass is 32.1. The van der Waals surface area contributed by atoms with Crippen molar-refractivity contribution < 1.29 is 4.74 Å². The third kappa shape index (κ3) is 6.06. The van der Waals surface area contributed by atoms with Crippen LogP contribution < -0.4 is 5.32 Å². The monoisotopic (exact) mass is 386 g/mol. The van der Waals surface area contributed by atoms with Crippen LogP contribution in [0.25, 0.3) is 0 Å². The minimum Gasteiger partial charge on any atom is -0.379 e. The average Bonchev–Trinajstić information content (AvgIpc) is 3.22. The molecular formula is C21H30N4OS. The van der Waals surface area contributed by atoms with E-state index in [0.29, 0.717) is 0 Å². The third-order valence-corrected chi connectivity index (χ3v) is 5.84. The van der Waals surface area contributed by atoms with Crippen molar-refractivity contribution in [2.75, 3.05) is 46.9 Å². The van der Waals surface area contributed by atoms with Gasteiger partial charge in [-0.25, -0.2) is 0 Å². The van der Waals surface area contributed by atoms with Gasteiger partial charge in [-0.05, 0) is 29.0 Å². The van der Waals surface area contributed by atoms with Gasteiger partial charge >= 0.3 is 0 Å². The minimum absolute atomic E-state index is 0.788. The van der Waals surface area contributed by atoms with Crippen LogP contribution in [0.5, 0.6) is 0 Å². The molecule has 3 rings (SSSR count). The number of thiophene rings is 1. The molecule has 1 saturated heterocycles. The van der Waals surface area contributed by atoms with Crippen molar-refractivity contribution in [3.63, 3.8) is 0 Å². The quantitative estimate of drug-likeness (QED) is 0.587. The largest absolute Gasteiger partial charge is 0.379 e. The van der Waals surface area contributed by atoms with Gasteiger partial charge in [-0.3, -0.25) is 9.89 Å². The molecule has 5 nitrogen and oxygen atoms in total. The Morgan fingerprint density at radius 2 is 1.96 bits per heavy atom. The molecular weight excluding hydrogens is 356 g/mol. The Kier molecular flexibility index (Phi) is 7.68. The van der Waals surface area contributed by atoms with Crippen LogP contribution in [-0.4, -0.2) is 62.7 Å². The Morgan fingerprint density at radius 1 is 1.19 bits per heavy atom. The van der Waals surface area contributed by atoms with E-state index in [2.05, 4.69) is 68.9 Å². The van der Waals surface area contributed by atoms with E-state index in [4.69, 9.17) is 4.74 Å². The number of nitrogens with one attached hydrogen (secondary N) is 1. The number of benzene rings is 1. The predicted molar refractivity (Wildman–Crippen MR) is 113 cm³/mol. The van der Waals surface area contributed by atoms with Gasteiger partial charge in [0, 0.05) is 51.7 Å². The van der Waals surface area contributed by atoms with Gasteiger partial charge in [-0.1, -0.05) is 30.3 Å². The van der Waals surface area contributed by atoms with Gasteiger partial charge in [0.15, 0.2) is 5.96 Å². The molecule has 146 valence electrons. The van der Waals surface area contributed by atoms with Crippen molar-refractivity contribution in [3.8, 4) is 0 Å². The first kappa shape index (κ1) is 19.9. The topological polar surface area (TPSA) is 40.1 Å². The molecule has 2 aromatic rings. The number of guanidine groups is 1. The smallest absolute Gasteiger partial charge is 0.193 e. The van der Waals surface area contributed by atoms with Crippen molar-refractivity contribution >= 4 is 17.3 Å². The molecule has 0 radical (unpaired) electrons. The molecule has 1 N–H and O–H groups in total. The molecule has 0 aliphatic carbocycles. The van der Waals surface area contributed by atoms with Crippen LogP contribution in [0.2, 0.25) is 0 Å². The normalized spacial score (nSPS) is 15.7. The van der Waals surface area contributed by atoms with Gasteiger partial charge in [-0.2, -0.15) is 0 Å². The Bertz CT molecular complexity index is 711. The number of likely N-dealkylation sites (N-methyl/N-ethyl adjacent to an activating group) is 1. The second kappa shape index (κ2) is 10.4. The molecule has 0 spiro atoms. The highest BCUT2D eigenvalue weighted by Gasteiger charge is 2.13. The fraction of sp³-hybridized carbons (Fsp3) is 0.476. The zero-order chi connectivity index (χ0) is 18.9. The summed E-state index contributed by atoms with van der Waals surface area (Å²) in [6.07, 6.45) is 1.04. The predicted octanol–water partition coefficient (Wildman–Crippen LogP) is 2.83. The van der Waals surface area contributed by atoms with E-state index in [1.165, 1.54) is 16.0 Å². The summed E-state index contributed by atoms with van der Waals surface area (Å²) >= 11 is 1.81. The van der Waals surface area contributed by atoms with Crippen LogP contribution in [0.1, 0.15) is 16.0 Å². The van der Waals surface area contributed by atoms with E-state index < -0.39 is 0 Å². The van der Waals surface area contributed by atoms with Crippen LogP contribution in [0.4, 0.5) is 0 Å². The van der Waals surface area contributed by atoms with Gasteiger partial charge in [0.25, 0.3) is 0 Å². The summed E-state index contributed by atoms with van der Waals surface area (Å²) in [6.45, 7) is 6.41. The Hall–Kier alpha value is -1.89. The molecule has 0 unspecified atom stereocenters. The standard InChI is InChI=1S/C21H30N4OS/c1-22-21(24(2)10-9-20-8-5-15-27-20)23-16-18-6-3-4-7-19(18)17-25-11-13-26-14-12-25/h3-8,15H,9-14,16-17H2,1-2H3,(H,22,23). The van der Waals surface area contributed by atoms with E-state index in [1.807, 2.05) is 18.4 Å². The summed E-state index contributed by atoms with van der Waals surface area (Å²) in [5.41, 5.74) is 2.71. The van der Waals surface area contributed by atoms with E-state index >= 15 is 0 Å². The number of hydrogen-bond acceptors (Lipinski definition) is 4. The lowest BCUT2D eigenvalue weighted by Crippen LogP contribution is -2.40. The molecule has 1 aromatic heterocycles.